The summed E-state index contributed by atoms with van der Waals surface area (Å²) in [4.78, 5) is 11.9. The second kappa shape index (κ2) is 2.71. The average molecular weight is 181 g/mol. The normalized spacial score (nSPS) is 15.2. The van der Waals surface area contributed by atoms with E-state index >= 15 is 0 Å². The smallest absolute Gasteiger partial charge is 0.234 e. The van der Waals surface area contributed by atoms with Crippen molar-refractivity contribution in [1.82, 2.24) is 0 Å². The summed E-state index contributed by atoms with van der Waals surface area (Å²) in [7, 11) is 0. The molecule has 0 atom stereocenters. The van der Waals surface area contributed by atoms with E-state index in [0.29, 0.717) is 11.4 Å². The van der Waals surface area contributed by atoms with Crippen molar-refractivity contribution in [2.45, 2.75) is 4.90 Å². The van der Waals surface area contributed by atoms with E-state index in [4.69, 9.17) is 0 Å². The monoisotopic (exact) mass is 181 g/mol. The molecule has 3 nitrogen and oxygen atoms in total. The van der Waals surface area contributed by atoms with Gasteiger partial charge in [-0.2, -0.15) is 0 Å². The highest BCUT2D eigenvalue weighted by Gasteiger charge is 2.17. The number of amides is 1. The van der Waals surface area contributed by atoms with E-state index in [2.05, 4.69) is 5.32 Å². The molecule has 1 aromatic rings. The van der Waals surface area contributed by atoms with Crippen LogP contribution in [0.15, 0.2) is 23.1 Å². The molecule has 2 N–H and O–H groups in total. The number of nitrogens with one attached hydrogen (secondary N) is 1. The topological polar surface area (TPSA) is 49.3 Å². The van der Waals surface area contributed by atoms with Gasteiger partial charge in [0, 0.05) is 4.90 Å². The van der Waals surface area contributed by atoms with Crippen LogP contribution in [-0.4, -0.2) is 16.8 Å². The standard InChI is InChI=1S/C8H7NO2S/c10-5-2-1-3-6-8(5)9-7(11)4-12-6/h1-3,10H,4H2,(H,9,11). The fourth-order valence-electron chi connectivity index (χ4n) is 1.08. The molecule has 1 aromatic carbocycles. The molecule has 12 heavy (non-hydrogen) atoms. The lowest BCUT2D eigenvalue weighted by atomic mass is 10.3. The number of hydrogen-bond donors (Lipinski definition) is 2. The summed E-state index contributed by atoms with van der Waals surface area (Å²) in [6, 6.07) is 5.20. The Morgan fingerprint density at radius 2 is 2.33 bits per heavy atom. The van der Waals surface area contributed by atoms with Gasteiger partial charge >= 0.3 is 0 Å². The largest absolute Gasteiger partial charge is 0.506 e. The highest BCUT2D eigenvalue weighted by molar-refractivity contribution is 8.00. The summed E-state index contributed by atoms with van der Waals surface area (Å²) in [6.45, 7) is 0. The molecule has 62 valence electrons. The van der Waals surface area contributed by atoms with Crippen molar-refractivity contribution in [2.24, 2.45) is 0 Å². The van der Waals surface area contributed by atoms with Crippen molar-refractivity contribution in [3.05, 3.63) is 18.2 Å². The van der Waals surface area contributed by atoms with Crippen LogP contribution in [0.3, 0.4) is 0 Å². The van der Waals surface area contributed by atoms with Crippen LogP contribution in [0.2, 0.25) is 0 Å². The molecule has 0 unspecified atom stereocenters. The summed E-state index contributed by atoms with van der Waals surface area (Å²) in [6.07, 6.45) is 0. The lowest BCUT2D eigenvalue weighted by Crippen LogP contribution is -2.18. The number of carbonyl (C=O) groups is 1. The zero-order valence-electron chi connectivity index (χ0n) is 6.20. The van der Waals surface area contributed by atoms with Crippen LogP contribution in [0.1, 0.15) is 0 Å². The van der Waals surface area contributed by atoms with Crippen LogP contribution >= 0.6 is 11.8 Å². The summed E-state index contributed by atoms with van der Waals surface area (Å²) >= 11 is 1.44. The fraction of sp³-hybridized carbons (Fsp3) is 0.125. The van der Waals surface area contributed by atoms with Gasteiger partial charge in [0.2, 0.25) is 5.91 Å². The number of aromatic hydroxyl groups is 1. The first kappa shape index (κ1) is 7.49. The van der Waals surface area contributed by atoms with Crippen LogP contribution in [0.4, 0.5) is 5.69 Å². The molecular formula is C8H7NO2S. The van der Waals surface area contributed by atoms with Gasteiger partial charge in [0.1, 0.15) is 5.75 Å². The molecule has 0 spiro atoms. The summed E-state index contributed by atoms with van der Waals surface area (Å²) in [5, 5.41) is 12.0. The third kappa shape index (κ3) is 1.14. The van der Waals surface area contributed by atoms with Gasteiger partial charge in [0.15, 0.2) is 0 Å². The van der Waals surface area contributed by atoms with Crippen LogP contribution < -0.4 is 5.32 Å². The Balaban J connectivity index is 2.50. The molecule has 1 aliphatic rings. The van der Waals surface area contributed by atoms with E-state index in [1.165, 1.54) is 11.8 Å². The Labute approximate surface area is 73.8 Å². The van der Waals surface area contributed by atoms with Gasteiger partial charge in [-0.05, 0) is 12.1 Å². The highest BCUT2D eigenvalue weighted by atomic mass is 32.2. The van der Waals surface area contributed by atoms with Crippen LogP contribution in [0, 0.1) is 0 Å². The Bertz CT molecular complexity index is 338. The number of anilines is 1. The first-order valence-corrected chi connectivity index (χ1v) is 4.50. The molecule has 1 amide bonds. The predicted molar refractivity (Wildman–Crippen MR) is 47.5 cm³/mol. The quantitative estimate of drug-likeness (QED) is 0.595. The molecular weight excluding hydrogens is 174 g/mol. The Hall–Kier alpha value is -1.16. The molecule has 0 fully saturated rings. The summed E-state index contributed by atoms with van der Waals surface area (Å²) < 4.78 is 0. The van der Waals surface area contributed by atoms with Gasteiger partial charge in [0.25, 0.3) is 0 Å². The zero-order valence-corrected chi connectivity index (χ0v) is 7.02. The first-order valence-electron chi connectivity index (χ1n) is 3.52. The number of thioether (sulfide) groups is 1. The maximum atomic E-state index is 10.9. The third-order valence-corrected chi connectivity index (χ3v) is 2.69. The van der Waals surface area contributed by atoms with Crippen molar-refractivity contribution in [1.29, 1.82) is 0 Å². The summed E-state index contributed by atoms with van der Waals surface area (Å²) in [5.74, 6) is 0.498. The van der Waals surface area contributed by atoms with E-state index in [9.17, 15) is 9.90 Å². The van der Waals surface area contributed by atoms with Crippen LogP contribution in [-0.2, 0) is 4.79 Å². The van der Waals surface area contributed by atoms with Crippen molar-refractivity contribution >= 4 is 23.4 Å². The molecule has 2 rings (SSSR count). The van der Waals surface area contributed by atoms with E-state index in [1.54, 1.807) is 12.1 Å². The van der Waals surface area contributed by atoms with Crippen molar-refractivity contribution in [3.63, 3.8) is 0 Å². The Morgan fingerprint density at radius 3 is 3.17 bits per heavy atom. The number of benzene rings is 1. The molecule has 0 saturated heterocycles. The van der Waals surface area contributed by atoms with Crippen molar-refractivity contribution in [3.8, 4) is 5.75 Å². The fourth-order valence-corrected chi connectivity index (χ4v) is 1.92. The number of phenols is 1. The molecule has 0 radical (unpaired) electrons. The van der Waals surface area contributed by atoms with Gasteiger partial charge in [-0.15, -0.1) is 11.8 Å². The maximum absolute atomic E-state index is 10.9. The number of fused-ring (bicyclic) bond motifs is 1. The maximum Gasteiger partial charge on any atom is 0.234 e. The minimum Gasteiger partial charge on any atom is -0.506 e. The van der Waals surface area contributed by atoms with Crippen molar-refractivity contribution in [2.75, 3.05) is 11.1 Å². The average Bonchev–Trinajstić information content (AvgIpc) is 2.07. The van der Waals surface area contributed by atoms with Crippen molar-refractivity contribution < 1.29 is 9.90 Å². The number of carbonyl (C=O) groups excluding carboxylic acids is 1. The molecule has 4 heteroatoms. The Kier molecular flexibility index (Phi) is 1.69. The Morgan fingerprint density at radius 1 is 1.50 bits per heavy atom. The second-order valence-electron chi connectivity index (χ2n) is 2.49. The number of hydrogen-bond acceptors (Lipinski definition) is 3. The van der Waals surface area contributed by atoms with E-state index < -0.39 is 0 Å². The van der Waals surface area contributed by atoms with Gasteiger partial charge in [0.05, 0.1) is 11.4 Å². The molecule has 0 aromatic heterocycles. The number of para-hydroxylation sites is 1. The third-order valence-electron chi connectivity index (χ3n) is 1.63. The molecule has 0 saturated carbocycles. The van der Waals surface area contributed by atoms with Gasteiger partial charge in [-0.1, -0.05) is 6.07 Å². The number of rotatable bonds is 0. The highest BCUT2D eigenvalue weighted by Crippen LogP contribution is 2.37. The molecule has 1 heterocycles. The van der Waals surface area contributed by atoms with Crippen LogP contribution in [0.5, 0.6) is 5.75 Å². The summed E-state index contributed by atoms with van der Waals surface area (Å²) in [5.41, 5.74) is 0.541. The second-order valence-corrected chi connectivity index (χ2v) is 3.50. The molecule has 0 aliphatic carbocycles. The zero-order chi connectivity index (χ0) is 8.55. The minimum absolute atomic E-state index is 0.0611. The lowest BCUT2D eigenvalue weighted by Gasteiger charge is -2.16. The van der Waals surface area contributed by atoms with E-state index in [0.717, 1.165) is 4.90 Å². The molecule has 0 bridgehead atoms. The van der Waals surface area contributed by atoms with E-state index in [1.807, 2.05) is 6.07 Å². The number of phenolic OH excluding ortho intramolecular Hbond substituents is 1. The van der Waals surface area contributed by atoms with Gasteiger partial charge in [-0.25, -0.2) is 0 Å². The SMILES string of the molecule is O=C1CSc2cccc(O)c2N1. The molecule has 1 aliphatic heterocycles. The lowest BCUT2D eigenvalue weighted by molar-refractivity contribution is -0.113. The van der Waals surface area contributed by atoms with Gasteiger partial charge in [-0.3, -0.25) is 4.79 Å². The van der Waals surface area contributed by atoms with Crippen LogP contribution in [0.25, 0.3) is 0 Å². The first-order chi connectivity index (χ1) is 5.77. The van der Waals surface area contributed by atoms with E-state index in [-0.39, 0.29) is 11.7 Å². The minimum atomic E-state index is -0.0611. The predicted octanol–water partition coefficient (Wildman–Crippen LogP) is 1.44. The van der Waals surface area contributed by atoms with Gasteiger partial charge < -0.3 is 10.4 Å².